The molecule has 6 nitrogen and oxygen atoms in total. The minimum atomic E-state index is -1.84. The van der Waals surface area contributed by atoms with Crippen molar-refractivity contribution in [2.24, 2.45) is 0 Å². The molecule has 102 valence electrons. The van der Waals surface area contributed by atoms with Crippen LogP contribution in [0.25, 0.3) is 10.2 Å². The number of hydrogen-bond acceptors (Lipinski definition) is 6. The van der Waals surface area contributed by atoms with E-state index in [-0.39, 0.29) is 6.54 Å². The van der Waals surface area contributed by atoms with Crippen LogP contribution in [-0.4, -0.2) is 38.3 Å². The molecule has 2 rings (SSSR count). The number of rotatable bonds is 4. The number of thiophene rings is 1. The highest BCUT2D eigenvalue weighted by molar-refractivity contribution is 7.17. The van der Waals surface area contributed by atoms with E-state index in [0.29, 0.717) is 11.6 Å². The van der Waals surface area contributed by atoms with Gasteiger partial charge in [-0.15, -0.1) is 11.3 Å². The zero-order chi connectivity index (χ0) is 14.2. The van der Waals surface area contributed by atoms with Crippen LogP contribution in [0.2, 0.25) is 0 Å². The van der Waals surface area contributed by atoms with Crippen molar-refractivity contribution in [3.05, 3.63) is 16.8 Å². The molecule has 7 heteroatoms. The maximum Gasteiger partial charge on any atom is 0.337 e. The van der Waals surface area contributed by atoms with E-state index in [0.717, 1.165) is 15.8 Å². The number of hydrogen-bond donors (Lipinski definition) is 3. The second-order valence-corrected chi connectivity index (χ2v) is 5.51. The van der Waals surface area contributed by atoms with Gasteiger partial charge < -0.3 is 15.5 Å². The first-order valence-electron chi connectivity index (χ1n) is 5.73. The van der Waals surface area contributed by atoms with Gasteiger partial charge in [-0.3, -0.25) is 0 Å². The van der Waals surface area contributed by atoms with E-state index < -0.39 is 11.6 Å². The second kappa shape index (κ2) is 4.75. The fourth-order valence-electron chi connectivity index (χ4n) is 1.65. The van der Waals surface area contributed by atoms with Crippen LogP contribution >= 0.6 is 11.3 Å². The summed E-state index contributed by atoms with van der Waals surface area (Å²) in [4.78, 5) is 20.3. The first kappa shape index (κ1) is 13.7. The quantitative estimate of drug-likeness (QED) is 0.787. The summed E-state index contributed by atoms with van der Waals surface area (Å²) in [6.45, 7) is 4.84. The van der Waals surface area contributed by atoms with Crippen molar-refractivity contribution in [3.63, 3.8) is 0 Å². The van der Waals surface area contributed by atoms with Gasteiger partial charge in [-0.1, -0.05) is 0 Å². The Kier molecular flexibility index (Phi) is 3.42. The summed E-state index contributed by atoms with van der Waals surface area (Å²) in [5, 5.41) is 24.3. The zero-order valence-corrected chi connectivity index (χ0v) is 11.7. The molecule has 1 unspecified atom stereocenters. The van der Waals surface area contributed by atoms with Gasteiger partial charge in [0.15, 0.2) is 5.60 Å². The van der Waals surface area contributed by atoms with Crippen molar-refractivity contribution in [1.29, 1.82) is 0 Å². The molecule has 0 saturated carbocycles. The summed E-state index contributed by atoms with van der Waals surface area (Å²) < 4.78 is 0. The van der Waals surface area contributed by atoms with E-state index in [1.807, 2.05) is 12.3 Å². The lowest BCUT2D eigenvalue weighted by atomic mass is 10.1. The lowest BCUT2D eigenvalue weighted by Crippen LogP contribution is -2.42. The highest BCUT2D eigenvalue weighted by atomic mass is 32.1. The second-order valence-electron chi connectivity index (χ2n) is 4.65. The summed E-state index contributed by atoms with van der Waals surface area (Å²) in [5.41, 5.74) is -0.813. The van der Waals surface area contributed by atoms with Gasteiger partial charge in [-0.25, -0.2) is 14.8 Å². The fraction of sp³-hybridized carbons (Fsp3) is 0.417. The molecule has 3 N–H and O–H groups in total. The van der Waals surface area contributed by atoms with Crippen LogP contribution in [0.4, 0.5) is 5.82 Å². The maximum absolute atomic E-state index is 10.9. The highest BCUT2D eigenvalue weighted by Gasteiger charge is 2.30. The molecular weight excluding hydrogens is 266 g/mol. The van der Waals surface area contributed by atoms with Crippen molar-refractivity contribution in [3.8, 4) is 0 Å². The molecule has 2 heterocycles. The maximum atomic E-state index is 10.9. The molecule has 1 atom stereocenters. The van der Waals surface area contributed by atoms with Gasteiger partial charge in [-0.2, -0.15) is 0 Å². The summed E-state index contributed by atoms with van der Waals surface area (Å²) in [5.74, 6) is -0.112. The number of nitrogens with one attached hydrogen (secondary N) is 1. The zero-order valence-electron chi connectivity index (χ0n) is 10.9. The third kappa shape index (κ3) is 2.66. The van der Waals surface area contributed by atoms with Crippen LogP contribution in [0.5, 0.6) is 0 Å². The normalized spacial score (nSPS) is 14.3. The fourth-order valence-corrected chi connectivity index (χ4v) is 2.62. The van der Waals surface area contributed by atoms with Crippen molar-refractivity contribution < 1.29 is 15.0 Å². The Hall–Kier alpha value is -1.73. The van der Waals surface area contributed by atoms with Gasteiger partial charge in [0.05, 0.1) is 11.9 Å². The number of carboxylic acid groups (broad SMARTS) is 1. The summed E-state index contributed by atoms with van der Waals surface area (Å²) in [6, 6.07) is 0. The van der Waals surface area contributed by atoms with Gasteiger partial charge in [-0.05, 0) is 31.7 Å². The molecule has 0 aliphatic rings. The van der Waals surface area contributed by atoms with Crippen molar-refractivity contribution in [2.45, 2.75) is 26.4 Å². The number of aliphatic carboxylic acids is 1. The number of carbonyl (C=O) groups is 1. The van der Waals surface area contributed by atoms with E-state index in [1.165, 1.54) is 18.3 Å². The highest BCUT2D eigenvalue weighted by Crippen LogP contribution is 2.29. The van der Waals surface area contributed by atoms with Gasteiger partial charge in [0.25, 0.3) is 0 Å². The van der Waals surface area contributed by atoms with Crippen LogP contribution in [0.15, 0.2) is 5.38 Å². The number of fused-ring (bicyclic) bond motifs is 1. The number of carboxylic acids is 1. The predicted octanol–water partition coefficient (Wildman–Crippen LogP) is 1.56. The predicted molar refractivity (Wildman–Crippen MR) is 73.6 cm³/mol. The number of aryl methyl sites for hydroxylation is 2. The number of aromatic nitrogens is 2. The van der Waals surface area contributed by atoms with E-state index in [1.54, 1.807) is 6.92 Å². The minimum absolute atomic E-state index is 0.122. The molecule has 0 aliphatic heterocycles. The Morgan fingerprint density at radius 1 is 1.47 bits per heavy atom. The van der Waals surface area contributed by atoms with Crippen LogP contribution < -0.4 is 5.32 Å². The SMILES string of the molecule is Cc1nc(NCC(C)(O)C(=O)O)c2c(C)csc2n1. The van der Waals surface area contributed by atoms with Crippen molar-refractivity contribution in [2.75, 3.05) is 11.9 Å². The molecular formula is C12H15N3O3S. The molecule has 0 saturated heterocycles. The number of nitrogens with zero attached hydrogens (tertiary/aromatic N) is 2. The molecule has 19 heavy (non-hydrogen) atoms. The molecule has 0 amide bonds. The van der Waals surface area contributed by atoms with Crippen molar-refractivity contribution in [1.82, 2.24) is 9.97 Å². The summed E-state index contributed by atoms with van der Waals surface area (Å²) >= 11 is 1.51. The van der Waals surface area contributed by atoms with E-state index >= 15 is 0 Å². The van der Waals surface area contributed by atoms with Crippen LogP contribution in [-0.2, 0) is 4.79 Å². The number of anilines is 1. The average Bonchev–Trinajstić information content (AvgIpc) is 2.67. The monoisotopic (exact) mass is 281 g/mol. The summed E-state index contributed by atoms with van der Waals surface area (Å²) in [7, 11) is 0. The van der Waals surface area contributed by atoms with Crippen LogP contribution in [0.3, 0.4) is 0 Å². The minimum Gasteiger partial charge on any atom is -0.479 e. The molecule has 2 aromatic heterocycles. The van der Waals surface area contributed by atoms with Gasteiger partial charge >= 0.3 is 5.97 Å². The van der Waals surface area contributed by atoms with Gasteiger partial charge in [0.2, 0.25) is 0 Å². The van der Waals surface area contributed by atoms with Gasteiger partial charge in [0, 0.05) is 0 Å². The lowest BCUT2D eigenvalue weighted by Gasteiger charge is -2.19. The van der Waals surface area contributed by atoms with E-state index in [9.17, 15) is 9.90 Å². The summed E-state index contributed by atoms with van der Waals surface area (Å²) in [6.07, 6.45) is 0. The average molecular weight is 281 g/mol. The van der Waals surface area contributed by atoms with Crippen LogP contribution in [0.1, 0.15) is 18.3 Å². The Balaban J connectivity index is 2.35. The van der Waals surface area contributed by atoms with Crippen LogP contribution in [0, 0.1) is 13.8 Å². The molecule has 0 spiro atoms. The molecule has 0 aromatic carbocycles. The first-order valence-corrected chi connectivity index (χ1v) is 6.61. The van der Waals surface area contributed by atoms with E-state index in [2.05, 4.69) is 15.3 Å². The third-order valence-corrected chi connectivity index (χ3v) is 3.78. The largest absolute Gasteiger partial charge is 0.479 e. The molecule has 0 radical (unpaired) electrons. The molecule has 0 fully saturated rings. The smallest absolute Gasteiger partial charge is 0.337 e. The molecule has 2 aromatic rings. The molecule has 0 bridgehead atoms. The van der Waals surface area contributed by atoms with Crippen molar-refractivity contribution >= 4 is 33.3 Å². The Bertz CT molecular complexity index is 636. The third-order valence-electron chi connectivity index (χ3n) is 2.79. The Labute approximate surface area is 114 Å². The number of aliphatic hydroxyl groups is 1. The topological polar surface area (TPSA) is 95.3 Å². The first-order chi connectivity index (χ1) is 8.81. The Morgan fingerprint density at radius 3 is 2.79 bits per heavy atom. The molecule has 0 aliphatic carbocycles. The standard InChI is InChI=1S/C12H15N3O3S/c1-6-4-19-10-8(6)9(14-7(2)15-10)13-5-12(3,18)11(16)17/h4,18H,5H2,1-3H3,(H,16,17)(H,13,14,15). The Morgan fingerprint density at radius 2 is 2.16 bits per heavy atom. The van der Waals surface area contributed by atoms with Gasteiger partial charge in [0.1, 0.15) is 16.5 Å². The van der Waals surface area contributed by atoms with E-state index in [4.69, 9.17) is 5.11 Å². The lowest BCUT2D eigenvalue weighted by molar-refractivity contribution is -0.155.